The van der Waals surface area contributed by atoms with E-state index in [-0.39, 0.29) is 43.0 Å². The largest absolute Gasteiger partial charge is 0.481 e. The smallest absolute Gasteiger partial charge is 0.306 e. The molecule has 0 atom stereocenters. The zero-order valence-electron chi connectivity index (χ0n) is 20.8. The Kier molecular flexibility index (Phi) is 7.41. The second-order valence-corrected chi connectivity index (χ2v) is 9.46. The first-order chi connectivity index (χ1) is 17.3. The van der Waals surface area contributed by atoms with Crippen LogP contribution in [-0.4, -0.2) is 69.1 Å². The lowest BCUT2D eigenvalue weighted by Gasteiger charge is -2.28. The second kappa shape index (κ2) is 10.5. The topological polar surface area (TPSA) is 160 Å². The molecule has 12 nitrogen and oxygen atoms in total. The van der Waals surface area contributed by atoms with Gasteiger partial charge >= 0.3 is 5.97 Å². The number of hydrogen-bond donors (Lipinski definition) is 4. The zero-order chi connectivity index (χ0) is 25.9. The molecule has 12 heteroatoms. The zero-order valence-corrected chi connectivity index (χ0v) is 20.8. The molecule has 0 spiro atoms. The van der Waals surface area contributed by atoms with Crippen molar-refractivity contribution >= 4 is 40.2 Å². The standard InChI is InChI=1S/C24H33N7O5/c1-4-31-22-17(13-28-31)21(29-15-7-5-14(6-8-15)23(34)35)16(12-27-22)18-9-24(36-30-18,10-19(32)25-2)11-20(33)26-3/h12-15H,4-11H2,1-3H3,(H,25,32)(H,26,33)(H,27,29)(H,34,35). The molecule has 4 N–H and O–H groups in total. The maximum absolute atomic E-state index is 12.2. The van der Waals surface area contributed by atoms with Gasteiger partial charge in [0.2, 0.25) is 11.8 Å². The van der Waals surface area contributed by atoms with Gasteiger partial charge < -0.3 is 25.9 Å². The van der Waals surface area contributed by atoms with Crippen molar-refractivity contribution in [1.29, 1.82) is 0 Å². The first-order valence-electron chi connectivity index (χ1n) is 12.3. The summed E-state index contributed by atoms with van der Waals surface area (Å²) in [4.78, 5) is 46.3. The number of hydrogen-bond acceptors (Lipinski definition) is 8. The Hall–Kier alpha value is -3.70. The minimum absolute atomic E-state index is 0.0185. The number of nitrogens with one attached hydrogen (secondary N) is 3. The van der Waals surface area contributed by atoms with Crippen LogP contribution in [0.4, 0.5) is 5.69 Å². The number of carbonyl (C=O) groups excluding carboxylic acids is 2. The van der Waals surface area contributed by atoms with E-state index in [0.717, 1.165) is 29.6 Å². The highest BCUT2D eigenvalue weighted by molar-refractivity contribution is 6.11. The molecule has 2 aromatic rings. The number of carboxylic acids is 1. The summed E-state index contributed by atoms with van der Waals surface area (Å²) in [5, 5.41) is 27.8. The van der Waals surface area contributed by atoms with E-state index in [2.05, 4.69) is 31.2 Å². The molecule has 1 saturated carbocycles. The van der Waals surface area contributed by atoms with Gasteiger partial charge in [-0.3, -0.25) is 14.4 Å². The third-order valence-electron chi connectivity index (χ3n) is 7.06. The van der Waals surface area contributed by atoms with E-state index in [1.54, 1.807) is 17.1 Å². The van der Waals surface area contributed by atoms with E-state index >= 15 is 0 Å². The molecule has 2 aliphatic rings. The number of nitrogens with zero attached hydrogens (tertiary/aromatic N) is 4. The molecule has 0 bridgehead atoms. The summed E-state index contributed by atoms with van der Waals surface area (Å²) >= 11 is 0. The predicted octanol–water partition coefficient (Wildman–Crippen LogP) is 1.64. The number of amides is 2. The summed E-state index contributed by atoms with van der Waals surface area (Å²) < 4.78 is 1.81. The van der Waals surface area contributed by atoms with Crippen LogP contribution >= 0.6 is 0 Å². The lowest BCUT2D eigenvalue weighted by atomic mass is 9.85. The summed E-state index contributed by atoms with van der Waals surface area (Å²) in [5.74, 6) is -1.56. The maximum atomic E-state index is 12.2. The van der Waals surface area contributed by atoms with Crippen LogP contribution in [0.1, 0.15) is 57.4 Å². The first-order valence-corrected chi connectivity index (χ1v) is 12.3. The molecule has 1 aliphatic heterocycles. The van der Waals surface area contributed by atoms with E-state index < -0.39 is 11.6 Å². The Morgan fingerprint density at radius 1 is 1.11 bits per heavy atom. The summed E-state index contributed by atoms with van der Waals surface area (Å²) in [6, 6.07) is 0.0827. The van der Waals surface area contributed by atoms with Gasteiger partial charge in [-0.05, 0) is 32.6 Å². The summed E-state index contributed by atoms with van der Waals surface area (Å²) in [6.45, 7) is 2.65. The van der Waals surface area contributed by atoms with E-state index in [1.165, 1.54) is 14.1 Å². The Morgan fingerprint density at radius 2 is 1.78 bits per heavy atom. The molecular weight excluding hydrogens is 466 g/mol. The van der Waals surface area contributed by atoms with Gasteiger partial charge in [0.1, 0.15) is 0 Å². The summed E-state index contributed by atoms with van der Waals surface area (Å²) in [7, 11) is 3.08. The van der Waals surface area contributed by atoms with Gasteiger partial charge in [-0.2, -0.15) is 5.10 Å². The monoisotopic (exact) mass is 499 g/mol. The van der Waals surface area contributed by atoms with Crippen LogP contribution in [0.5, 0.6) is 0 Å². The van der Waals surface area contributed by atoms with E-state index in [9.17, 15) is 19.5 Å². The SMILES string of the molecule is CCn1ncc2c(NC3CCC(C(=O)O)CC3)c(C3=NOC(CC(=O)NC)(CC(=O)NC)C3)cnc21. The van der Waals surface area contributed by atoms with Crippen molar-refractivity contribution in [3.63, 3.8) is 0 Å². The number of carboxylic acid groups (broad SMARTS) is 1. The van der Waals surface area contributed by atoms with Crippen LogP contribution < -0.4 is 16.0 Å². The van der Waals surface area contributed by atoms with Crippen LogP contribution in [0, 0.1) is 5.92 Å². The van der Waals surface area contributed by atoms with Crippen molar-refractivity contribution in [3.05, 3.63) is 18.0 Å². The number of anilines is 1. The van der Waals surface area contributed by atoms with E-state index in [0.29, 0.717) is 30.7 Å². The van der Waals surface area contributed by atoms with Crippen molar-refractivity contribution in [2.24, 2.45) is 11.1 Å². The van der Waals surface area contributed by atoms with Crippen molar-refractivity contribution < 1.29 is 24.3 Å². The first kappa shape index (κ1) is 25.4. The Bertz CT molecular complexity index is 1160. The fourth-order valence-corrected chi connectivity index (χ4v) is 5.00. The molecule has 1 fully saturated rings. The number of aliphatic carboxylic acids is 1. The molecule has 194 valence electrons. The molecule has 3 heterocycles. The van der Waals surface area contributed by atoms with Gasteiger partial charge in [-0.15, -0.1) is 0 Å². The van der Waals surface area contributed by atoms with Gasteiger partial charge in [-0.25, -0.2) is 9.67 Å². The van der Waals surface area contributed by atoms with Crippen molar-refractivity contribution in [2.75, 3.05) is 19.4 Å². The molecule has 0 aromatic carbocycles. The average Bonchev–Trinajstić information content (AvgIpc) is 3.48. The van der Waals surface area contributed by atoms with Crippen LogP contribution in [0.2, 0.25) is 0 Å². The normalized spacial score (nSPS) is 20.9. The number of aromatic nitrogens is 3. The maximum Gasteiger partial charge on any atom is 0.306 e. The minimum Gasteiger partial charge on any atom is -0.481 e. The molecule has 0 unspecified atom stereocenters. The quantitative estimate of drug-likeness (QED) is 0.405. The van der Waals surface area contributed by atoms with Crippen molar-refractivity contribution in [2.45, 2.75) is 70.1 Å². The van der Waals surface area contributed by atoms with E-state index in [1.807, 2.05) is 6.92 Å². The second-order valence-electron chi connectivity index (χ2n) is 9.46. The molecule has 36 heavy (non-hydrogen) atoms. The number of fused-ring (bicyclic) bond motifs is 1. The van der Waals surface area contributed by atoms with Gasteiger partial charge in [0.15, 0.2) is 11.2 Å². The lowest BCUT2D eigenvalue weighted by Crippen LogP contribution is -2.40. The predicted molar refractivity (Wildman–Crippen MR) is 133 cm³/mol. The number of carbonyl (C=O) groups is 3. The van der Waals surface area contributed by atoms with Crippen molar-refractivity contribution in [1.82, 2.24) is 25.4 Å². The molecule has 0 radical (unpaired) electrons. The summed E-state index contributed by atoms with van der Waals surface area (Å²) in [5.41, 5.74) is 1.73. The highest BCUT2D eigenvalue weighted by atomic mass is 16.7. The number of pyridine rings is 1. The average molecular weight is 500 g/mol. The Morgan fingerprint density at radius 3 is 2.36 bits per heavy atom. The number of oxime groups is 1. The van der Waals surface area contributed by atoms with E-state index in [4.69, 9.17) is 4.84 Å². The lowest BCUT2D eigenvalue weighted by molar-refractivity contribution is -0.143. The third-order valence-corrected chi connectivity index (χ3v) is 7.06. The summed E-state index contributed by atoms with van der Waals surface area (Å²) in [6.07, 6.45) is 6.36. The fourth-order valence-electron chi connectivity index (χ4n) is 5.00. The molecule has 2 amide bonds. The molecule has 2 aromatic heterocycles. The van der Waals surface area contributed by atoms with Gasteiger partial charge in [0, 0.05) is 44.9 Å². The molecular formula is C24H33N7O5. The number of rotatable bonds is 9. The highest BCUT2D eigenvalue weighted by Crippen LogP contribution is 2.38. The fraction of sp³-hybridized carbons (Fsp3) is 0.583. The molecule has 4 rings (SSSR count). The van der Waals surface area contributed by atoms with Crippen LogP contribution in [0.15, 0.2) is 17.5 Å². The van der Waals surface area contributed by atoms with Gasteiger partial charge in [0.25, 0.3) is 0 Å². The third kappa shape index (κ3) is 5.12. The Balaban J connectivity index is 1.66. The number of aryl methyl sites for hydroxylation is 1. The van der Waals surface area contributed by atoms with Crippen molar-refractivity contribution in [3.8, 4) is 0 Å². The molecule has 0 saturated heterocycles. The van der Waals surface area contributed by atoms with Crippen LogP contribution in [-0.2, 0) is 25.8 Å². The minimum atomic E-state index is -1.10. The highest BCUT2D eigenvalue weighted by Gasteiger charge is 2.44. The van der Waals surface area contributed by atoms with Gasteiger partial charge in [-0.1, -0.05) is 5.16 Å². The molecule has 1 aliphatic carbocycles. The van der Waals surface area contributed by atoms with Crippen LogP contribution in [0.25, 0.3) is 11.0 Å². The van der Waals surface area contributed by atoms with Crippen LogP contribution in [0.3, 0.4) is 0 Å². The Labute approximate surface area is 208 Å². The van der Waals surface area contributed by atoms with Gasteiger partial charge in [0.05, 0.1) is 41.7 Å².